The highest BCUT2D eigenvalue weighted by molar-refractivity contribution is 6.43. The second-order valence-corrected chi connectivity index (χ2v) is 5.69. The lowest BCUT2D eigenvalue weighted by atomic mass is 10.1. The van der Waals surface area contributed by atoms with Gasteiger partial charge in [-0.15, -0.1) is 0 Å². The van der Waals surface area contributed by atoms with Gasteiger partial charge in [-0.2, -0.15) is 5.10 Å². The SMILES string of the molecule is CN1N=C(C(=O)Nc2ccc(C(=O)c3nccn3C)cc2)CCC1=O. The predicted molar refractivity (Wildman–Crippen MR) is 91.2 cm³/mol. The third-order valence-electron chi connectivity index (χ3n) is 3.90. The zero-order valence-corrected chi connectivity index (χ0v) is 13.9. The second-order valence-electron chi connectivity index (χ2n) is 5.69. The van der Waals surface area contributed by atoms with Crippen LogP contribution in [0.4, 0.5) is 5.69 Å². The van der Waals surface area contributed by atoms with Crippen LogP contribution >= 0.6 is 0 Å². The van der Waals surface area contributed by atoms with Crippen LogP contribution in [0.15, 0.2) is 41.8 Å². The Morgan fingerprint density at radius 1 is 1.12 bits per heavy atom. The zero-order valence-electron chi connectivity index (χ0n) is 13.9. The molecule has 0 radical (unpaired) electrons. The van der Waals surface area contributed by atoms with Crippen LogP contribution in [-0.4, -0.2) is 44.9 Å². The van der Waals surface area contributed by atoms with Crippen LogP contribution in [0.5, 0.6) is 0 Å². The second kappa shape index (κ2) is 6.68. The molecule has 0 saturated heterocycles. The van der Waals surface area contributed by atoms with Crippen molar-refractivity contribution in [1.82, 2.24) is 14.6 Å². The number of hydrogen-bond acceptors (Lipinski definition) is 5. The maximum absolute atomic E-state index is 12.3. The van der Waals surface area contributed by atoms with Crippen LogP contribution in [0.2, 0.25) is 0 Å². The van der Waals surface area contributed by atoms with Gasteiger partial charge in [-0.1, -0.05) is 0 Å². The van der Waals surface area contributed by atoms with Crippen LogP contribution < -0.4 is 5.32 Å². The molecule has 2 amide bonds. The van der Waals surface area contributed by atoms with Gasteiger partial charge in [0.05, 0.1) is 0 Å². The number of aryl methyl sites for hydroxylation is 1. The summed E-state index contributed by atoms with van der Waals surface area (Å²) in [5.41, 5.74) is 1.33. The number of rotatable bonds is 4. The van der Waals surface area contributed by atoms with Crippen molar-refractivity contribution in [2.45, 2.75) is 12.8 Å². The van der Waals surface area contributed by atoms with Gasteiger partial charge in [-0.05, 0) is 24.3 Å². The lowest BCUT2D eigenvalue weighted by Gasteiger charge is -2.18. The highest BCUT2D eigenvalue weighted by Crippen LogP contribution is 2.14. The Bertz CT molecular complexity index is 867. The standard InChI is InChI=1S/C17H17N5O3/c1-21-10-9-18-16(21)15(24)11-3-5-12(6-4-11)19-17(25)13-7-8-14(23)22(2)20-13/h3-6,9-10H,7-8H2,1-2H3,(H,19,25). The molecule has 25 heavy (non-hydrogen) atoms. The molecule has 1 aromatic carbocycles. The minimum atomic E-state index is -0.359. The van der Waals surface area contributed by atoms with Crippen LogP contribution in [0, 0.1) is 0 Å². The molecule has 0 saturated carbocycles. The summed E-state index contributed by atoms with van der Waals surface area (Å²) in [5, 5.41) is 7.86. The molecule has 8 heteroatoms. The quantitative estimate of drug-likeness (QED) is 0.847. The van der Waals surface area contributed by atoms with Gasteiger partial charge in [0, 0.05) is 50.6 Å². The smallest absolute Gasteiger partial charge is 0.271 e. The van der Waals surface area contributed by atoms with Gasteiger partial charge >= 0.3 is 0 Å². The molecule has 0 bridgehead atoms. The van der Waals surface area contributed by atoms with Gasteiger partial charge in [0.15, 0.2) is 5.82 Å². The Balaban J connectivity index is 1.70. The lowest BCUT2D eigenvalue weighted by Crippen LogP contribution is -2.34. The first kappa shape index (κ1) is 16.6. The fourth-order valence-electron chi connectivity index (χ4n) is 2.45. The molecular formula is C17H17N5O3. The summed E-state index contributed by atoms with van der Waals surface area (Å²) in [6.07, 6.45) is 3.84. The monoisotopic (exact) mass is 339 g/mol. The van der Waals surface area contributed by atoms with Crippen LogP contribution in [-0.2, 0) is 16.6 Å². The number of amides is 2. The molecule has 0 aliphatic carbocycles. The third-order valence-corrected chi connectivity index (χ3v) is 3.90. The van der Waals surface area contributed by atoms with Gasteiger partial charge < -0.3 is 9.88 Å². The van der Waals surface area contributed by atoms with E-state index in [1.54, 1.807) is 48.3 Å². The van der Waals surface area contributed by atoms with E-state index >= 15 is 0 Å². The topological polar surface area (TPSA) is 96.7 Å². The average Bonchev–Trinajstić information content (AvgIpc) is 3.03. The summed E-state index contributed by atoms with van der Waals surface area (Å²) in [6, 6.07) is 6.55. The van der Waals surface area contributed by atoms with Crippen molar-refractivity contribution in [3.63, 3.8) is 0 Å². The average molecular weight is 339 g/mol. The van der Waals surface area contributed by atoms with Crippen molar-refractivity contribution in [2.24, 2.45) is 12.1 Å². The van der Waals surface area contributed by atoms with E-state index in [0.29, 0.717) is 29.2 Å². The molecule has 1 aliphatic rings. The van der Waals surface area contributed by atoms with E-state index in [2.05, 4.69) is 15.4 Å². The number of nitrogens with zero attached hydrogens (tertiary/aromatic N) is 4. The zero-order chi connectivity index (χ0) is 18.0. The van der Waals surface area contributed by atoms with Crippen LogP contribution in [0.1, 0.15) is 29.0 Å². The number of carbonyl (C=O) groups excluding carboxylic acids is 3. The number of nitrogens with one attached hydrogen (secondary N) is 1. The first-order valence-electron chi connectivity index (χ1n) is 7.73. The molecule has 1 N–H and O–H groups in total. The summed E-state index contributed by atoms with van der Waals surface area (Å²) < 4.78 is 1.65. The minimum absolute atomic E-state index is 0.117. The van der Waals surface area contributed by atoms with Crippen molar-refractivity contribution in [3.05, 3.63) is 48.0 Å². The van der Waals surface area contributed by atoms with Gasteiger partial charge in [0.2, 0.25) is 11.7 Å². The Kier molecular flexibility index (Phi) is 4.42. The van der Waals surface area contributed by atoms with Gasteiger partial charge in [-0.3, -0.25) is 14.4 Å². The van der Waals surface area contributed by atoms with E-state index in [4.69, 9.17) is 0 Å². The summed E-state index contributed by atoms with van der Waals surface area (Å²) in [6.45, 7) is 0. The van der Waals surface area contributed by atoms with Gasteiger partial charge in [-0.25, -0.2) is 9.99 Å². The lowest BCUT2D eigenvalue weighted by molar-refractivity contribution is -0.130. The first-order chi connectivity index (χ1) is 12.0. The fraction of sp³-hybridized carbons (Fsp3) is 0.235. The molecule has 2 heterocycles. The number of benzene rings is 1. The van der Waals surface area contributed by atoms with Crippen molar-refractivity contribution >= 4 is 29.0 Å². The molecular weight excluding hydrogens is 322 g/mol. The van der Waals surface area contributed by atoms with E-state index < -0.39 is 0 Å². The Hall–Kier alpha value is -3.29. The van der Waals surface area contributed by atoms with E-state index in [1.165, 1.54) is 12.1 Å². The van der Waals surface area contributed by atoms with Crippen LogP contribution in [0.25, 0.3) is 0 Å². The number of carbonyl (C=O) groups is 3. The predicted octanol–water partition coefficient (Wildman–Crippen LogP) is 1.20. The molecule has 0 spiro atoms. The normalized spacial score (nSPS) is 14.2. The number of hydrogen-bond donors (Lipinski definition) is 1. The Morgan fingerprint density at radius 3 is 2.44 bits per heavy atom. The molecule has 3 rings (SSSR count). The number of hydrazone groups is 1. The molecule has 1 aromatic heterocycles. The summed E-state index contributed by atoms with van der Waals surface area (Å²) in [7, 11) is 3.27. The molecule has 0 atom stereocenters. The third kappa shape index (κ3) is 3.47. The number of imidazole rings is 1. The number of anilines is 1. The molecule has 8 nitrogen and oxygen atoms in total. The molecule has 2 aromatic rings. The van der Waals surface area contributed by atoms with E-state index in [-0.39, 0.29) is 24.0 Å². The molecule has 0 unspecified atom stereocenters. The van der Waals surface area contributed by atoms with E-state index in [0.717, 1.165) is 0 Å². The summed E-state index contributed by atoms with van der Waals surface area (Å²) in [5.74, 6) is -0.320. The van der Waals surface area contributed by atoms with Gasteiger partial charge in [0.25, 0.3) is 5.91 Å². The van der Waals surface area contributed by atoms with E-state index in [1.807, 2.05) is 0 Å². The van der Waals surface area contributed by atoms with Gasteiger partial charge in [0.1, 0.15) is 5.71 Å². The number of ketones is 1. The maximum Gasteiger partial charge on any atom is 0.271 e. The Morgan fingerprint density at radius 2 is 1.84 bits per heavy atom. The molecule has 0 fully saturated rings. The minimum Gasteiger partial charge on any atom is -0.331 e. The van der Waals surface area contributed by atoms with Crippen molar-refractivity contribution in [2.75, 3.05) is 12.4 Å². The Labute approximate surface area is 144 Å². The maximum atomic E-state index is 12.3. The van der Waals surface area contributed by atoms with E-state index in [9.17, 15) is 14.4 Å². The van der Waals surface area contributed by atoms with Crippen molar-refractivity contribution in [1.29, 1.82) is 0 Å². The summed E-state index contributed by atoms with van der Waals surface area (Å²) >= 11 is 0. The first-order valence-corrected chi connectivity index (χ1v) is 7.73. The fourth-order valence-corrected chi connectivity index (χ4v) is 2.45. The summed E-state index contributed by atoms with van der Waals surface area (Å²) in [4.78, 5) is 40.0. The van der Waals surface area contributed by atoms with Crippen LogP contribution in [0.3, 0.4) is 0 Å². The molecule has 1 aliphatic heterocycles. The number of aromatic nitrogens is 2. The highest BCUT2D eigenvalue weighted by atomic mass is 16.2. The molecule has 128 valence electrons. The van der Waals surface area contributed by atoms with Crippen molar-refractivity contribution < 1.29 is 14.4 Å². The van der Waals surface area contributed by atoms with Crippen molar-refractivity contribution in [3.8, 4) is 0 Å². The largest absolute Gasteiger partial charge is 0.331 e. The highest BCUT2D eigenvalue weighted by Gasteiger charge is 2.22.